The van der Waals surface area contributed by atoms with Crippen LogP contribution in [0.1, 0.15) is 118 Å². The van der Waals surface area contributed by atoms with E-state index in [1.165, 1.54) is 77.0 Å². The van der Waals surface area contributed by atoms with E-state index in [2.05, 4.69) is 20.8 Å². The first-order valence-corrected chi connectivity index (χ1v) is 10.1. The number of Topliss-reactive ketones (excluding diaryl/α,β-unsaturated/α-hetero) is 1. The van der Waals surface area contributed by atoms with Crippen LogP contribution in [0.5, 0.6) is 0 Å². The summed E-state index contributed by atoms with van der Waals surface area (Å²) in [4.78, 5) is 11.6. The lowest BCUT2D eigenvalue weighted by Gasteiger charge is -2.15. The molecule has 0 heterocycles. The molecule has 0 aromatic rings. The van der Waals surface area contributed by atoms with E-state index in [9.17, 15) is 4.79 Å². The quantitative estimate of drug-likeness (QED) is 0.273. The zero-order chi connectivity index (χ0) is 16.6. The van der Waals surface area contributed by atoms with Gasteiger partial charge >= 0.3 is 0 Å². The van der Waals surface area contributed by atoms with Crippen molar-refractivity contribution < 1.29 is 4.79 Å². The zero-order valence-electron chi connectivity index (χ0n) is 16.0. The van der Waals surface area contributed by atoms with Gasteiger partial charge in [0.2, 0.25) is 0 Å². The van der Waals surface area contributed by atoms with Crippen LogP contribution in [-0.2, 0) is 4.79 Å². The molecule has 0 radical (unpaired) electrons. The van der Waals surface area contributed by atoms with Crippen molar-refractivity contribution >= 4 is 5.78 Å². The number of ketones is 1. The molecule has 22 heavy (non-hydrogen) atoms. The van der Waals surface area contributed by atoms with E-state index < -0.39 is 0 Å². The molecule has 0 amide bonds. The van der Waals surface area contributed by atoms with Crippen molar-refractivity contribution in [3.63, 3.8) is 0 Å². The summed E-state index contributed by atoms with van der Waals surface area (Å²) in [6, 6.07) is 0. The van der Waals surface area contributed by atoms with Crippen molar-refractivity contribution in [2.75, 3.05) is 0 Å². The standard InChI is InChI=1S/C21H42O/c1-5-6-7-8-9-10-11-12-13-14-15-16-17-21(20(4)22)18-19(2)3/h19,21H,5-18H2,1-4H3. The number of rotatable bonds is 16. The summed E-state index contributed by atoms with van der Waals surface area (Å²) in [7, 11) is 0. The second-order valence-electron chi connectivity index (χ2n) is 7.61. The Morgan fingerprint density at radius 1 is 0.727 bits per heavy atom. The highest BCUT2D eigenvalue weighted by Gasteiger charge is 2.15. The highest BCUT2D eigenvalue weighted by Crippen LogP contribution is 2.20. The van der Waals surface area contributed by atoms with Gasteiger partial charge in [-0.3, -0.25) is 4.79 Å². The SMILES string of the molecule is CCCCCCCCCCCCCCC(CC(C)C)C(C)=O. The van der Waals surface area contributed by atoms with Crippen LogP contribution >= 0.6 is 0 Å². The molecule has 0 aromatic heterocycles. The van der Waals surface area contributed by atoms with E-state index in [1.807, 2.05) is 0 Å². The Morgan fingerprint density at radius 2 is 1.14 bits per heavy atom. The number of unbranched alkanes of at least 4 members (excludes halogenated alkanes) is 11. The van der Waals surface area contributed by atoms with E-state index in [-0.39, 0.29) is 0 Å². The van der Waals surface area contributed by atoms with Gasteiger partial charge in [-0.25, -0.2) is 0 Å². The molecule has 1 heteroatoms. The van der Waals surface area contributed by atoms with Crippen molar-refractivity contribution in [2.45, 2.75) is 118 Å². The van der Waals surface area contributed by atoms with Gasteiger partial charge in [-0.1, -0.05) is 97.8 Å². The van der Waals surface area contributed by atoms with Crippen LogP contribution < -0.4 is 0 Å². The van der Waals surface area contributed by atoms with Gasteiger partial charge in [0.05, 0.1) is 0 Å². The molecule has 0 aliphatic carbocycles. The molecule has 0 spiro atoms. The Hall–Kier alpha value is -0.330. The van der Waals surface area contributed by atoms with Crippen LogP contribution in [0.4, 0.5) is 0 Å². The minimum Gasteiger partial charge on any atom is -0.300 e. The maximum Gasteiger partial charge on any atom is 0.132 e. The number of hydrogen-bond acceptors (Lipinski definition) is 1. The van der Waals surface area contributed by atoms with Gasteiger partial charge in [0.1, 0.15) is 5.78 Å². The summed E-state index contributed by atoms with van der Waals surface area (Å²) in [5.74, 6) is 1.37. The maximum absolute atomic E-state index is 11.6. The van der Waals surface area contributed by atoms with Crippen molar-refractivity contribution in [1.82, 2.24) is 0 Å². The molecule has 0 N–H and O–H groups in total. The molecule has 1 unspecified atom stereocenters. The van der Waals surface area contributed by atoms with Crippen LogP contribution in [0.15, 0.2) is 0 Å². The first-order chi connectivity index (χ1) is 10.6. The minimum atomic E-state index is 0.322. The number of carbonyl (C=O) groups excluding carboxylic acids is 1. The monoisotopic (exact) mass is 310 g/mol. The molecular weight excluding hydrogens is 268 g/mol. The summed E-state index contributed by atoms with van der Waals surface area (Å²) in [6.45, 7) is 8.49. The average Bonchev–Trinajstić information content (AvgIpc) is 2.46. The van der Waals surface area contributed by atoms with E-state index >= 15 is 0 Å². The first kappa shape index (κ1) is 21.7. The van der Waals surface area contributed by atoms with Gasteiger partial charge in [-0.2, -0.15) is 0 Å². The topological polar surface area (TPSA) is 17.1 Å². The Labute approximate surface area is 140 Å². The van der Waals surface area contributed by atoms with Crippen LogP contribution in [-0.4, -0.2) is 5.78 Å². The molecule has 0 aliphatic rings. The first-order valence-electron chi connectivity index (χ1n) is 10.1. The van der Waals surface area contributed by atoms with Crippen molar-refractivity contribution in [1.29, 1.82) is 0 Å². The van der Waals surface area contributed by atoms with Crippen LogP contribution in [0, 0.1) is 11.8 Å². The Kier molecular flexibility index (Phi) is 15.3. The Balaban J connectivity index is 3.33. The lowest BCUT2D eigenvalue weighted by Crippen LogP contribution is -2.13. The second-order valence-corrected chi connectivity index (χ2v) is 7.61. The molecule has 0 aromatic carbocycles. The lowest BCUT2D eigenvalue weighted by atomic mass is 9.89. The van der Waals surface area contributed by atoms with E-state index in [1.54, 1.807) is 6.92 Å². The third-order valence-electron chi connectivity index (χ3n) is 4.74. The predicted molar refractivity (Wildman–Crippen MR) is 99.3 cm³/mol. The van der Waals surface area contributed by atoms with Crippen molar-refractivity contribution in [2.24, 2.45) is 11.8 Å². The molecule has 1 atom stereocenters. The molecule has 0 rings (SSSR count). The smallest absolute Gasteiger partial charge is 0.132 e. The van der Waals surface area contributed by atoms with Crippen LogP contribution in [0.3, 0.4) is 0 Å². The highest BCUT2D eigenvalue weighted by molar-refractivity contribution is 5.78. The fraction of sp³-hybridized carbons (Fsp3) is 0.952. The van der Waals surface area contributed by atoms with Gasteiger partial charge in [-0.15, -0.1) is 0 Å². The zero-order valence-corrected chi connectivity index (χ0v) is 16.0. The maximum atomic E-state index is 11.6. The molecule has 0 bridgehead atoms. The van der Waals surface area contributed by atoms with E-state index in [4.69, 9.17) is 0 Å². The summed E-state index contributed by atoms with van der Waals surface area (Å²) in [6.07, 6.45) is 18.9. The van der Waals surface area contributed by atoms with E-state index in [0.717, 1.165) is 12.8 Å². The Morgan fingerprint density at radius 3 is 1.50 bits per heavy atom. The number of carbonyl (C=O) groups is 1. The Bertz CT molecular complexity index is 244. The summed E-state index contributed by atoms with van der Waals surface area (Å²) < 4.78 is 0. The van der Waals surface area contributed by atoms with Gasteiger partial charge in [-0.05, 0) is 25.7 Å². The minimum absolute atomic E-state index is 0.322. The van der Waals surface area contributed by atoms with Gasteiger partial charge < -0.3 is 0 Å². The predicted octanol–water partition coefficient (Wildman–Crippen LogP) is 7.33. The summed E-state index contributed by atoms with van der Waals surface area (Å²) in [5, 5.41) is 0. The lowest BCUT2D eigenvalue weighted by molar-refractivity contribution is -0.121. The third-order valence-corrected chi connectivity index (χ3v) is 4.74. The largest absolute Gasteiger partial charge is 0.300 e. The third kappa shape index (κ3) is 14.6. The average molecular weight is 311 g/mol. The fourth-order valence-electron chi connectivity index (χ4n) is 3.29. The molecule has 0 saturated heterocycles. The fourth-order valence-corrected chi connectivity index (χ4v) is 3.29. The molecule has 132 valence electrons. The molecule has 0 aliphatic heterocycles. The van der Waals surface area contributed by atoms with E-state index in [0.29, 0.717) is 17.6 Å². The molecular formula is C21H42O. The van der Waals surface area contributed by atoms with Gasteiger partial charge in [0.25, 0.3) is 0 Å². The second kappa shape index (κ2) is 15.6. The molecule has 0 saturated carbocycles. The van der Waals surface area contributed by atoms with Crippen molar-refractivity contribution in [3.8, 4) is 0 Å². The van der Waals surface area contributed by atoms with Gasteiger partial charge in [0.15, 0.2) is 0 Å². The van der Waals surface area contributed by atoms with Gasteiger partial charge in [0, 0.05) is 5.92 Å². The molecule has 0 fully saturated rings. The van der Waals surface area contributed by atoms with Crippen molar-refractivity contribution in [3.05, 3.63) is 0 Å². The number of hydrogen-bond donors (Lipinski definition) is 0. The van der Waals surface area contributed by atoms with Crippen LogP contribution in [0.25, 0.3) is 0 Å². The highest BCUT2D eigenvalue weighted by atomic mass is 16.1. The van der Waals surface area contributed by atoms with Crippen LogP contribution in [0.2, 0.25) is 0 Å². The normalized spacial score (nSPS) is 12.8. The summed E-state index contributed by atoms with van der Waals surface area (Å²) >= 11 is 0. The molecule has 1 nitrogen and oxygen atoms in total. The summed E-state index contributed by atoms with van der Waals surface area (Å²) in [5.41, 5.74) is 0.